The largest absolute Gasteiger partial charge is 0.336 e. The molecule has 0 aliphatic heterocycles. The summed E-state index contributed by atoms with van der Waals surface area (Å²) < 4.78 is 4.04. The van der Waals surface area contributed by atoms with Gasteiger partial charge in [-0.1, -0.05) is 0 Å². The Kier molecular flexibility index (Phi) is 3.28. The monoisotopic (exact) mass is 233 g/mol. The Balaban J connectivity index is 2.28. The summed E-state index contributed by atoms with van der Waals surface area (Å²) in [6.45, 7) is 5.74. The predicted octanol–water partition coefficient (Wildman–Crippen LogP) is 1.00. The lowest BCUT2D eigenvalue weighted by Gasteiger charge is -2.05. The molecule has 0 saturated heterocycles. The van der Waals surface area contributed by atoms with E-state index < -0.39 is 0 Å². The van der Waals surface area contributed by atoms with E-state index in [1.54, 1.807) is 0 Å². The third kappa shape index (κ3) is 2.24. The highest BCUT2D eigenvalue weighted by atomic mass is 15.3. The van der Waals surface area contributed by atoms with Crippen LogP contribution in [0.25, 0.3) is 0 Å². The molecule has 92 valence electrons. The average Bonchev–Trinajstić information content (AvgIpc) is 2.79. The van der Waals surface area contributed by atoms with E-state index in [-0.39, 0.29) is 0 Å². The molecular weight excluding hydrogens is 214 g/mol. The van der Waals surface area contributed by atoms with Gasteiger partial charge in [0.25, 0.3) is 0 Å². The SMILES string of the molecule is CNCc1c(C)nn(Cc2nccn2C)c1C. The Morgan fingerprint density at radius 3 is 2.71 bits per heavy atom. The first-order chi connectivity index (χ1) is 8.13. The molecule has 0 aliphatic carbocycles. The van der Waals surface area contributed by atoms with E-state index >= 15 is 0 Å². The standard InChI is InChI=1S/C12H19N5/c1-9-11(7-13-3)10(2)17(15-9)8-12-14-5-6-16(12)4/h5-6,13H,7-8H2,1-4H3. The molecule has 5 heteroatoms. The minimum Gasteiger partial charge on any atom is -0.336 e. The quantitative estimate of drug-likeness (QED) is 0.857. The minimum absolute atomic E-state index is 0.722. The Labute approximate surface area is 101 Å². The first kappa shape index (κ1) is 11.9. The summed E-state index contributed by atoms with van der Waals surface area (Å²) in [5, 5.41) is 7.74. The molecule has 0 aliphatic rings. The highest BCUT2D eigenvalue weighted by Crippen LogP contribution is 2.13. The normalized spacial score (nSPS) is 11.1. The van der Waals surface area contributed by atoms with Gasteiger partial charge in [-0.25, -0.2) is 4.98 Å². The second kappa shape index (κ2) is 4.71. The van der Waals surface area contributed by atoms with Crippen molar-refractivity contribution in [3.63, 3.8) is 0 Å². The van der Waals surface area contributed by atoms with Crippen molar-refractivity contribution >= 4 is 0 Å². The van der Waals surface area contributed by atoms with Crippen molar-refractivity contribution in [2.24, 2.45) is 7.05 Å². The Morgan fingerprint density at radius 1 is 1.35 bits per heavy atom. The molecule has 0 unspecified atom stereocenters. The van der Waals surface area contributed by atoms with Crippen LogP contribution in [-0.4, -0.2) is 26.4 Å². The van der Waals surface area contributed by atoms with E-state index in [0.29, 0.717) is 0 Å². The van der Waals surface area contributed by atoms with Crippen LogP contribution in [0.3, 0.4) is 0 Å². The van der Waals surface area contributed by atoms with Gasteiger partial charge < -0.3 is 9.88 Å². The third-order valence-corrected chi connectivity index (χ3v) is 3.10. The topological polar surface area (TPSA) is 47.7 Å². The van der Waals surface area contributed by atoms with Crippen LogP contribution in [0.1, 0.15) is 22.8 Å². The summed E-state index contributed by atoms with van der Waals surface area (Å²) in [6.07, 6.45) is 3.77. The molecule has 2 heterocycles. The molecule has 0 radical (unpaired) electrons. The van der Waals surface area contributed by atoms with Crippen molar-refractivity contribution in [2.45, 2.75) is 26.9 Å². The molecule has 0 spiro atoms. The van der Waals surface area contributed by atoms with Crippen LogP contribution < -0.4 is 5.32 Å². The zero-order chi connectivity index (χ0) is 12.4. The van der Waals surface area contributed by atoms with Gasteiger partial charge in [0.2, 0.25) is 0 Å². The molecule has 2 aromatic rings. The number of nitrogens with zero attached hydrogens (tertiary/aromatic N) is 4. The molecule has 0 bridgehead atoms. The second-order valence-electron chi connectivity index (χ2n) is 4.29. The summed E-state index contributed by atoms with van der Waals surface area (Å²) in [6, 6.07) is 0. The van der Waals surface area contributed by atoms with Gasteiger partial charge >= 0.3 is 0 Å². The Morgan fingerprint density at radius 2 is 2.12 bits per heavy atom. The number of rotatable bonds is 4. The van der Waals surface area contributed by atoms with E-state index in [9.17, 15) is 0 Å². The number of hydrogen-bond acceptors (Lipinski definition) is 3. The van der Waals surface area contributed by atoms with Crippen LogP contribution in [0.2, 0.25) is 0 Å². The van der Waals surface area contributed by atoms with E-state index in [4.69, 9.17) is 0 Å². The molecule has 0 fully saturated rings. The number of aryl methyl sites for hydroxylation is 2. The fourth-order valence-electron chi connectivity index (χ4n) is 2.00. The lowest BCUT2D eigenvalue weighted by molar-refractivity contribution is 0.611. The zero-order valence-corrected chi connectivity index (χ0v) is 10.9. The number of hydrogen-bond donors (Lipinski definition) is 1. The summed E-state index contributed by atoms with van der Waals surface area (Å²) in [4.78, 5) is 4.32. The zero-order valence-electron chi connectivity index (χ0n) is 10.9. The Bertz CT molecular complexity index is 509. The van der Waals surface area contributed by atoms with Crippen molar-refractivity contribution in [1.82, 2.24) is 24.6 Å². The van der Waals surface area contributed by atoms with Gasteiger partial charge in [-0.15, -0.1) is 0 Å². The van der Waals surface area contributed by atoms with Gasteiger partial charge in [-0.05, 0) is 20.9 Å². The van der Waals surface area contributed by atoms with E-state index in [1.807, 2.05) is 35.7 Å². The molecule has 17 heavy (non-hydrogen) atoms. The van der Waals surface area contributed by atoms with E-state index in [0.717, 1.165) is 24.6 Å². The molecule has 0 atom stereocenters. The maximum atomic E-state index is 4.57. The molecule has 2 rings (SSSR count). The van der Waals surface area contributed by atoms with Crippen LogP contribution in [-0.2, 0) is 20.1 Å². The fourth-order valence-corrected chi connectivity index (χ4v) is 2.00. The number of nitrogens with one attached hydrogen (secondary N) is 1. The van der Waals surface area contributed by atoms with Gasteiger partial charge in [-0.2, -0.15) is 5.10 Å². The maximum absolute atomic E-state index is 4.57. The van der Waals surface area contributed by atoms with Gasteiger partial charge in [0.05, 0.1) is 12.2 Å². The molecule has 2 aromatic heterocycles. The molecule has 1 N–H and O–H groups in total. The van der Waals surface area contributed by atoms with E-state index in [1.165, 1.54) is 11.3 Å². The van der Waals surface area contributed by atoms with Gasteiger partial charge in [0.15, 0.2) is 0 Å². The molecule has 5 nitrogen and oxygen atoms in total. The highest BCUT2D eigenvalue weighted by Gasteiger charge is 2.12. The molecule has 0 amide bonds. The van der Waals surface area contributed by atoms with Crippen LogP contribution in [0.4, 0.5) is 0 Å². The van der Waals surface area contributed by atoms with Gasteiger partial charge in [0.1, 0.15) is 5.82 Å². The summed E-state index contributed by atoms with van der Waals surface area (Å²) in [5.41, 5.74) is 3.58. The summed E-state index contributed by atoms with van der Waals surface area (Å²) in [5.74, 6) is 1.02. The van der Waals surface area contributed by atoms with Gasteiger partial charge in [0, 0.05) is 37.2 Å². The maximum Gasteiger partial charge on any atom is 0.130 e. The van der Waals surface area contributed by atoms with Crippen LogP contribution in [0.5, 0.6) is 0 Å². The molecule has 0 saturated carbocycles. The smallest absolute Gasteiger partial charge is 0.130 e. The summed E-state index contributed by atoms with van der Waals surface area (Å²) in [7, 11) is 3.96. The van der Waals surface area contributed by atoms with Gasteiger partial charge in [-0.3, -0.25) is 4.68 Å². The average molecular weight is 233 g/mol. The van der Waals surface area contributed by atoms with Crippen LogP contribution >= 0.6 is 0 Å². The van der Waals surface area contributed by atoms with Crippen molar-refractivity contribution in [2.75, 3.05) is 7.05 Å². The lowest BCUT2D eigenvalue weighted by Crippen LogP contribution is -2.10. The number of imidazole rings is 1. The first-order valence-corrected chi connectivity index (χ1v) is 5.77. The highest BCUT2D eigenvalue weighted by molar-refractivity contribution is 5.24. The van der Waals surface area contributed by atoms with E-state index in [2.05, 4.69) is 29.2 Å². The second-order valence-corrected chi connectivity index (χ2v) is 4.29. The predicted molar refractivity (Wildman–Crippen MR) is 66.8 cm³/mol. The fraction of sp³-hybridized carbons (Fsp3) is 0.500. The third-order valence-electron chi connectivity index (χ3n) is 3.10. The number of aromatic nitrogens is 4. The van der Waals surface area contributed by atoms with Crippen LogP contribution in [0, 0.1) is 13.8 Å². The van der Waals surface area contributed by atoms with Crippen molar-refractivity contribution in [3.8, 4) is 0 Å². The van der Waals surface area contributed by atoms with Crippen molar-refractivity contribution in [1.29, 1.82) is 0 Å². The Hall–Kier alpha value is -1.62. The van der Waals surface area contributed by atoms with Crippen LogP contribution in [0.15, 0.2) is 12.4 Å². The minimum atomic E-state index is 0.722. The molecule has 0 aromatic carbocycles. The lowest BCUT2D eigenvalue weighted by atomic mass is 10.2. The summed E-state index contributed by atoms with van der Waals surface area (Å²) >= 11 is 0. The van der Waals surface area contributed by atoms with Crippen molar-refractivity contribution < 1.29 is 0 Å². The molecular formula is C12H19N5. The first-order valence-electron chi connectivity index (χ1n) is 5.77. The van der Waals surface area contributed by atoms with Crippen molar-refractivity contribution in [3.05, 3.63) is 35.2 Å².